The molecule has 0 saturated carbocycles. The highest BCUT2D eigenvalue weighted by atomic mass is 16.3. The molecule has 1 aromatic rings. The molecule has 0 radical (unpaired) electrons. The van der Waals surface area contributed by atoms with Crippen molar-refractivity contribution in [1.29, 1.82) is 0 Å². The molecular weight excluding hydrogens is 190 g/mol. The van der Waals surface area contributed by atoms with Gasteiger partial charge >= 0.3 is 0 Å². The van der Waals surface area contributed by atoms with Crippen LogP contribution in [0.3, 0.4) is 0 Å². The van der Waals surface area contributed by atoms with Crippen LogP contribution in [0.15, 0.2) is 45.6 Å². The molecule has 0 aliphatic heterocycles. The summed E-state index contributed by atoms with van der Waals surface area (Å²) in [4.78, 5) is 4.01. The van der Waals surface area contributed by atoms with Gasteiger partial charge in [0.05, 0.1) is 6.21 Å². The van der Waals surface area contributed by atoms with Crippen LogP contribution in [0, 0.1) is 0 Å². The van der Waals surface area contributed by atoms with Gasteiger partial charge in [-0.3, -0.25) is 4.99 Å². The van der Waals surface area contributed by atoms with Crippen molar-refractivity contribution in [2.24, 2.45) is 15.2 Å². The number of benzene rings is 1. The van der Waals surface area contributed by atoms with E-state index in [1.54, 1.807) is 12.1 Å². The lowest BCUT2D eigenvalue weighted by Gasteiger charge is -2.17. The maximum absolute atomic E-state index is 10.2. The van der Waals surface area contributed by atoms with Gasteiger partial charge in [-0.25, -0.2) is 0 Å². The molecule has 1 atom stereocenters. The molecule has 4 heteroatoms. The second-order valence-corrected chi connectivity index (χ2v) is 3.02. The summed E-state index contributed by atoms with van der Waals surface area (Å²) in [7, 11) is 1.52. The van der Waals surface area contributed by atoms with E-state index in [2.05, 4.69) is 15.2 Å². The van der Waals surface area contributed by atoms with Gasteiger partial charge in [0.1, 0.15) is 0 Å². The number of rotatable bonds is 4. The number of azo groups is 1. The molecule has 1 N–H and O–H groups in total. The van der Waals surface area contributed by atoms with Gasteiger partial charge in [-0.2, -0.15) is 5.11 Å². The molecule has 1 aromatic carbocycles. The molecule has 0 saturated heterocycles. The molecule has 0 bridgehead atoms. The van der Waals surface area contributed by atoms with E-state index < -0.39 is 5.72 Å². The second kappa shape index (κ2) is 5.36. The van der Waals surface area contributed by atoms with E-state index in [0.29, 0.717) is 12.1 Å². The molecule has 0 heterocycles. The fourth-order valence-corrected chi connectivity index (χ4v) is 1.21. The predicted octanol–water partition coefficient (Wildman–Crippen LogP) is 2.00. The van der Waals surface area contributed by atoms with Crippen molar-refractivity contribution >= 4 is 6.21 Å². The van der Waals surface area contributed by atoms with Gasteiger partial charge < -0.3 is 5.11 Å². The van der Waals surface area contributed by atoms with Gasteiger partial charge in [0.2, 0.25) is 5.72 Å². The van der Waals surface area contributed by atoms with Crippen LogP contribution in [0.1, 0.15) is 12.5 Å². The molecule has 0 aromatic heterocycles. The standard InChI is InChI=1S/C11H15N3O/c1-3-13-9-11(15,14-12-2)10-7-5-4-6-8-10/h4-9,15H,3H2,1-2H3. The van der Waals surface area contributed by atoms with Gasteiger partial charge in [-0.15, -0.1) is 5.11 Å². The highest BCUT2D eigenvalue weighted by Gasteiger charge is 2.26. The van der Waals surface area contributed by atoms with E-state index in [-0.39, 0.29) is 0 Å². The van der Waals surface area contributed by atoms with Gasteiger partial charge in [-0.05, 0) is 6.92 Å². The van der Waals surface area contributed by atoms with Crippen molar-refractivity contribution in [1.82, 2.24) is 0 Å². The molecule has 0 aliphatic rings. The molecular formula is C11H15N3O. The Morgan fingerprint density at radius 3 is 2.53 bits per heavy atom. The van der Waals surface area contributed by atoms with Crippen molar-refractivity contribution in [3.8, 4) is 0 Å². The number of hydrogen-bond donors (Lipinski definition) is 1. The SMILES string of the molecule is CCN=CC(O)(N=NC)c1ccccc1. The lowest BCUT2D eigenvalue weighted by molar-refractivity contribution is 0.118. The normalized spacial score (nSPS) is 15.9. The van der Waals surface area contributed by atoms with Crippen LogP contribution in [-0.4, -0.2) is 24.9 Å². The average Bonchev–Trinajstić information content (AvgIpc) is 2.28. The van der Waals surface area contributed by atoms with E-state index in [1.807, 2.05) is 25.1 Å². The Balaban J connectivity index is 3.06. The molecule has 15 heavy (non-hydrogen) atoms. The molecule has 80 valence electrons. The smallest absolute Gasteiger partial charge is 0.238 e. The lowest BCUT2D eigenvalue weighted by Crippen LogP contribution is -2.24. The average molecular weight is 205 g/mol. The highest BCUT2D eigenvalue weighted by Crippen LogP contribution is 2.20. The van der Waals surface area contributed by atoms with Crippen LogP contribution in [0.5, 0.6) is 0 Å². The lowest BCUT2D eigenvalue weighted by atomic mass is 10.1. The molecule has 0 fully saturated rings. The van der Waals surface area contributed by atoms with Crippen molar-refractivity contribution in [2.45, 2.75) is 12.6 Å². The van der Waals surface area contributed by atoms with E-state index in [1.165, 1.54) is 13.3 Å². The Hall–Kier alpha value is -1.55. The maximum Gasteiger partial charge on any atom is 0.238 e. The Labute approximate surface area is 89.4 Å². The zero-order valence-corrected chi connectivity index (χ0v) is 8.96. The molecule has 0 spiro atoms. The van der Waals surface area contributed by atoms with E-state index in [0.717, 1.165) is 0 Å². The summed E-state index contributed by atoms with van der Waals surface area (Å²) >= 11 is 0. The van der Waals surface area contributed by atoms with E-state index >= 15 is 0 Å². The monoisotopic (exact) mass is 205 g/mol. The summed E-state index contributed by atoms with van der Waals surface area (Å²) < 4.78 is 0. The van der Waals surface area contributed by atoms with Crippen LogP contribution in [0.2, 0.25) is 0 Å². The van der Waals surface area contributed by atoms with Crippen molar-refractivity contribution in [3.05, 3.63) is 35.9 Å². The fourth-order valence-electron chi connectivity index (χ4n) is 1.21. The third-order valence-corrected chi connectivity index (χ3v) is 1.90. The Morgan fingerprint density at radius 1 is 1.33 bits per heavy atom. The van der Waals surface area contributed by atoms with Crippen LogP contribution < -0.4 is 0 Å². The van der Waals surface area contributed by atoms with E-state index in [4.69, 9.17) is 0 Å². The zero-order valence-electron chi connectivity index (χ0n) is 8.96. The van der Waals surface area contributed by atoms with Gasteiger partial charge in [-0.1, -0.05) is 30.3 Å². The summed E-state index contributed by atoms with van der Waals surface area (Å²) in [6.07, 6.45) is 1.41. The third kappa shape index (κ3) is 2.95. The molecule has 1 unspecified atom stereocenters. The summed E-state index contributed by atoms with van der Waals surface area (Å²) in [6.45, 7) is 2.50. The van der Waals surface area contributed by atoms with Crippen LogP contribution >= 0.6 is 0 Å². The number of aliphatic hydroxyl groups is 1. The number of nitrogens with zero attached hydrogens (tertiary/aromatic N) is 3. The first-order valence-corrected chi connectivity index (χ1v) is 4.83. The number of aliphatic imine (C=N–C) groups is 1. The first kappa shape index (κ1) is 11.5. The van der Waals surface area contributed by atoms with Crippen LogP contribution in [0.4, 0.5) is 0 Å². The van der Waals surface area contributed by atoms with E-state index in [9.17, 15) is 5.11 Å². The predicted molar refractivity (Wildman–Crippen MR) is 60.2 cm³/mol. The van der Waals surface area contributed by atoms with Crippen molar-refractivity contribution < 1.29 is 5.11 Å². The topological polar surface area (TPSA) is 57.3 Å². The van der Waals surface area contributed by atoms with Gasteiger partial charge in [0, 0.05) is 19.2 Å². The van der Waals surface area contributed by atoms with Crippen molar-refractivity contribution in [3.63, 3.8) is 0 Å². The first-order valence-electron chi connectivity index (χ1n) is 4.83. The quantitative estimate of drug-likeness (QED) is 0.593. The largest absolute Gasteiger partial charge is 0.360 e. The summed E-state index contributed by atoms with van der Waals surface area (Å²) in [5.41, 5.74) is -0.778. The summed E-state index contributed by atoms with van der Waals surface area (Å²) in [5, 5.41) is 17.6. The minimum atomic E-state index is -1.44. The Kier molecular flexibility index (Phi) is 4.12. The summed E-state index contributed by atoms with van der Waals surface area (Å²) in [6, 6.07) is 9.13. The van der Waals surface area contributed by atoms with Crippen LogP contribution in [-0.2, 0) is 5.72 Å². The fraction of sp³-hybridized carbons (Fsp3) is 0.364. The minimum absolute atomic E-state index is 0.606. The molecule has 4 nitrogen and oxygen atoms in total. The minimum Gasteiger partial charge on any atom is -0.360 e. The maximum atomic E-state index is 10.2. The van der Waals surface area contributed by atoms with Gasteiger partial charge in [0.25, 0.3) is 0 Å². The third-order valence-electron chi connectivity index (χ3n) is 1.90. The van der Waals surface area contributed by atoms with Crippen molar-refractivity contribution in [2.75, 3.05) is 13.6 Å². The summed E-state index contributed by atoms with van der Waals surface area (Å²) in [5.74, 6) is 0. The number of hydrogen-bond acceptors (Lipinski definition) is 4. The highest BCUT2D eigenvalue weighted by molar-refractivity contribution is 5.70. The Morgan fingerprint density at radius 2 is 2.00 bits per heavy atom. The van der Waals surface area contributed by atoms with Gasteiger partial charge in [0.15, 0.2) is 0 Å². The molecule has 0 aliphatic carbocycles. The first-order chi connectivity index (χ1) is 7.23. The zero-order chi connectivity index (χ0) is 11.1. The molecule has 1 rings (SSSR count). The Bertz CT molecular complexity index is 348. The molecule has 0 amide bonds. The van der Waals surface area contributed by atoms with Crippen LogP contribution in [0.25, 0.3) is 0 Å². The second-order valence-electron chi connectivity index (χ2n) is 3.02.